The highest BCUT2D eigenvalue weighted by molar-refractivity contribution is 7.09. The molecule has 0 aliphatic carbocycles. The molecule has 0 saturated carbocycles. The van der Waals surface area contributed by atoms with Crippen LogP contribution < -0.4 is 5.32 Å². The molecule has 0 radical (unpaired) electrons. The lowest BCUT2D eigenvalue weighted by Gasteiger charge is -2.13. The second kappa shape index (κ2) is 4.92. The average molecular weight is 258 g/mol. The van der Waals surface area contributed by atoms with E-state index in [1.165, 1.54) is 15.8 Å². The molecule has 4 heteroatoms. The van der Waals surface area contributed by atoms with E-state index in [4.69, 9.17) is 4.42 Å². The van der Waals surface area contributed by atoms with Crippen LogP contribution in [0.25, 0.3) is 11.0 Å². The van der Waals surface area contributed by atoms with Gasteiger partial charge in [0.25, 0.3) is 0 Å². The van der Waals surface area contributed by atoms with Crippen LogP contribution in [0.5, 0.6) is 0 Å². The van der Waals surface area contributed by atoms with E-state index in [1.54, 1.807) is 11.3 Å². The second-order valence-electron chi connectivity index (χ2n) is 4.20. The Balaban J connectivity index is 1.96. The van der Waals surface area contributed by atoms with Crippen LogP contribution in [0, 0.1) is 0 Å². The van der Waals surface area contributed by atoms with Crippen LogP contribution in [0.4, 0.5) is 0 Å². The van der Waals surface area contributed by atoms with Gasteiger partial charge in [-0.2, -0.15) is 0 Å². The molecule has 18 heavy (non-hydrogen) atoms. The number of para-hydroxylation sites is 1. The van der Waals surface area contributed by atoms with Crippen LogP contribution in [0.15, 0.2) is 46.7 Å². The summed E-state index contributed by atoms with van der Waals surface area (Å²) >= 11 is 1.69. The third-order valence-corrected chi connectivity index (χ3v) is 3.93. The molecule has 3 aromatic rings. The number of rotatable bonds is 4. The number of fused-ring (bicyclic) bond motifs is 1. The summed E-state index contributed by atoms with van der Waals surface area (Å²) in [5.41, 5.74) is 4.02. The fourth-order valence-electron chi connectivity index (χ4n) is 2.18. The van der Waals surface area contributed by atoms with Crippen molar-refractivity contribution in [3.05, 3.63) is 52.7 Å². The van der Waals surface area contributed by atoms with Gasteiger partial charge >= 0.3 is 0 Å². The van der Waals surface area contributed by atoms with E-state index >= 15 is 0 Å². The van der Waals surface area contributed by atoms with E-state index in [1.807, 2.05) is 43.2 Å². The van der Waals surface area contributed by atoms with Gasteiger partial charge in [0.05, 0.1) is 11.8 Å². The fraction of sp³-hybridized carbons (Fsp3) is 0.214. The third-order valence-electron chi connectivity index (χ3n) is 3.12. The smallest absolute Gasteiger partial charge is 0.134 e. The van der Waals surface area contributed by atoms with Crippen molar-refractivity contribution in [2.45, 2.75) is 12.5 Å². The second-order valence-corrected chi connectivity index (χ2v) is 5.17. The molecule has 0 fully saturated rings. The largest absolute Gasteiger partial charge is 0.464 e. The minimum absolute atomic E-state index is 0.258. The van der Waals surface area contributed by atoms with Gasteiger partial charge in [-0.15, -0.1) is 11.3 Å². The van der Waals surface area contributed by atoms with E-state index in [0.717, 1.165) is 12.0 Å². The Kier molecular flexibility index (Phi) is 3.13. The third kappa shape index (κ3) is 2.05. The normalized spacial score (nSPS) is 12.9. The minimum Gasteiger partial charge on any atom is -0.464 e. The van der Waals surface area contributed by atoms with Gasteiger partial charge in [-0.1, -0.05) is 18.2 Å². The first-order valence-corrected chi connectivity index (χ1v) is 6.77. The molecular formula is C14H14N2OS. The number of benzene rings is 1. The summed E-state index contributed by atoms with van der Waals surface area (Å²) in [5.74, 6) is 0. The van der Waals surface area contributed by atoms with Crippen molar-refractivity contribution in [2.75, 3.05) is 7.05 Å². The van der Waals surface area contributed by atoms with Gasteiger partial charge < -0.3 is 9.73 Å². The van der Waals surface area contributed by atoms with Crippen LogP contribution in [0.3, 0.4) is 0 Å². The lowest BCUT2D eigenvalue weighted by molar-refractivity contribution is 0.565. The number of furan rings is 1. The van der Waals surface area contributed by atoms with Crippen LogP contribution in [0.2, 0.25) is 0 Å². The van der Waals surface area contributed by atoms with Gasteiger partial charge in [0, 0.05) is 34.5 Å². The molecule has 3 rings (SSSR count). The summed E-state index contributed by atoms with van der Waals surface area (Å²) in [6, 6.07) is 8.39. The van der Waals surface area contributed by atoms with Crippen LogP contribution in [0.1, 0.15) is 16.5 Å². The Hall–Kier alpha value is -1.65. The SMILES string of the molecule is CNC(Cc1cncs1)c1coc2ccccc12. The maximum absolute atomic E-state index is 5.60. The molecule has 0 aliphatic rings. The summed E-state index contributed by atoms with van der Waals surface area (Å²) in [4.78, 5) is 5.40. The van der Waals surface area contributed by atoms with E-state index in [9.17, 15) is 0 Å². The predicted molar refractivity (Wildman–Crippen MR) is 73.8 cm³/mol. The van der Waals surface area contributed by atoms with Gasteiger partial charge in [0.1, 0.15) is 5.58 Å². The molecule has 0 amide bonds. The van der Waals surface area contributed by atoms with Crippen molar-refractivity contribution < 1.29 is 4.42 Å². The topological polar surface area (TPSA) is 38.1 Å². The standard InChI is InChI=1S/C14H14N2OS/c1-15-13(6-10-7-16-9-18-10)12-8-17-14-5-3-2-4-11(12)14/h2-5,7-9,13,15H,6H2,1H3. The molecule has 1 unspecified atom stereocenters. The van der Waals surface area contributed by atoms with E-state index in [2.05, 4.69) is 16.4 Å². The zero-order valence-corrected chi connectivity index (χ0v) is 10.9. The first-order chi connectivity index (χ1) is 8.88. The van der Waals surface area contributed by atoms with Crippen LogP contribution in [-0.4, -0.2) is 12.0 Å². The van der Waals surface area contributed by atoms with Gasteiger partial charge in [0.2, 0.25) is 0 Å². The molecule has 0 saturated heterocycles. The first kappa shape index (κ1) is 11.4. The Morgan fingerprint density at radius 3 is 3.06 bits per heavy atom. The Morgan fingerprint density at radius 2 is 2.28 bits per heavy atom. The molecule has 92 valence electrons. The van der Waals surface area contributed by atoms with E-state index < -0.39 is 0 Å². The number of thiazole rings is 1. The fourth-order valence-corrected chi connectivity index (χ4v) is 2.82. The molecule has 0 bridgehead atoms. The number of hydrogen-bond donors (Lipinski definition) is 1. The molecule has 0 aliphatic heterocycles. The summed E-state index contributed by atoms with van der Waals surface area (Å²) in [7, 11) is 1.98. The Morgan fingerprint density at radius 1 is 1.39 bits per heavy atom. The lowest BCUT2D eigenvalue weighted by Crippen LogP contribution is -2.18. The molecular weight excluding hydrogens is 244 g/mol. The molecule has 2 aromatic heterocycles. The summed E-state index contributed by atoms with van der Waals surface area (Å²) in [6.45, 7) is 0. The minimum atomic E-state index is 0.258. The van der Waals surface area contributed by atoms with E-state index in [0.29, 0.717) is 0 Å². The summed E-state index contributed by atoms with van der Waals surface area (Å²) < 4.78 is 5.60. The zero-order valence-electron chi connectivity index (χ0n) is 10.1. The van der Waals surface area contributed by atoms with E-state index in [-0.39, 0.29) is 6.04 Å². The van der Waals surface area contributed by atoms with Crippen molar-refractivity contribution >= 4 is 22.3 Å². The van der Waals surface area contributed by atoms with Crippen molar-refractivity contribution in [2.24, 2.45) is 0 Å². The number of nitrogens with one attached hydrogen (secondary N) is 1. The lowest BCUT2D eigenvalue weighted by atomic mass is 10.0. The number of likely N-dealkylation sites (N-methyl/N-ethyl adjacent to an activating group) is 1. The molecule has 2 heterocycles. The molecule has 1 atom stereocenters. The van der Waals surface area contributed by atoms with Crippen LogP contribution in [-0.2, 0) is 6.42 Å². The zero-order chi connectivity index (χ0) is 12.4. The molecule has 3 nitrogen and oxygen atoms in total. The Bertz CT molecular complexity index is 630. The quantitative estimate of drug-likeness (QED) is 0.779. The van der Waals surface area contributed by atoms with Gasteiger partial charge in [0.15, 0.2) is 0 Å². The highest BCUT2D eigenvalue weighted by Crippen LogP contribution is 2.28. The summed E-state index contributed by atoms with van der Waals surface area (Å²) in [5, 5.41) is 4.54. The van der Waals surface area contributed by atoms with Gasteiger partial charge in [-0.25, -0.2) is 0 Å². The maximum atomic E-state index is 5.60. The van der Waals surface area contributed by atoms with Crippen molar-refractivity contribution in [1.29, 1.82) is 0 Å². The number of hydrogen-bond acceptors (Lipinski definition) is 4. The molecule has 1 aromatic carbocycles. The van der Waals surface area contributed by atoms with Gasteiger partial charge in [-0.3, -0.25) is 4.98 Å². The maximum Gasteiger partial charge on any atom is 0.134 e. The monoisotopic (exact) mass is 258 g/mol. The predicted octanol–water partition coefficient (Wildman–Crippen LogP) is 3.39. The van der Waals surface area contributed by atoms with Gasteiger partial charge in [-0.05, 0) is 13.1 Å². The van der Waals surface area contributed by atoms with Crippen LogP contribution >= 0.6 is 11.3 Å². The van der Waals surface area contributed by atoms with Crippen molar-refractivity contribution in [1.82, 2.24) is 10.3 Å². The number of aromatic nitrogens is 1. The first-order valence-electron chi connectivity index (χ1n) is 5.89. The highest BCUT2D eigenvalue weighted by Gasteiger charge is 2.16. The number of nitrogens with zero attached hydrogens (tertiary/aromatic N) is 1. The highest BCUT2D eigenvalue weighted by atomic mass is 32.1. The average Bonchev–Trinajstić information content (AvgIpc) is 3.05. The Labute approximate surface area is 109 Å². The molecule has 1 N–H and O–H groups in total. The molecule has 0 spiro atoms. The summed E-state index contributed by atoms with van der Waals surface area (Å²) in [6.07, 6.45) is 4.72. The van der Waals surface area contributed by atoms with Crippen molar-refractivity contribution in [3.8, 4) is 0 Å². The van der Waals surface area contributed by atoms with Crippen molar-refractivity contribution in [3.63, 3.8) is 0 Å².